The molecule has 0 fully saturated rings. The van der Waals surface area contributed by atoms with Crippen molar-refractivity contribution < 1.29 is 25.3 Å². The van der Waals surface area contributed by atoms with Gasteiger partial charge in [-0.1, -0.05) is 20.8 Å². The van der Waals surface area contributed by atoms with Gasteiger partial charge >= 0.3 is 0 Å². The van der Waals surface area contributed by atoms with E-state index in [9.17, 15) is 16.8 Å². The Bertz CT molecular complexity index is 450. The van der Waals surface area contributed by atoms with Crippen LogP contribution < -0.4 is 0 Å². The maximum Gasteiger partial charge on any atom is 0.284 e. The van der Waals surface area contributed by atoms with E-state index >= 15 is 0 Å². The molecule has 0 rings (SSSR count). The molecule has 0 amide bonds. The highest BCUT2D eigenvalue weighted by atomic mass is 32.3. The van der Waals surface area contributed by atoms with Gasteiger partial charge in [0.15, 0.2) is 0 Å². The maximum atomic E-state index is 11.8. The van der Waals surface area contributed by atoms with Crippen LogP contribution in [0.5, 0.6) is 0 Å². The van der Waals surface area contributed by atoms with E-state index in [4.69, 9.17) is 8.42 Å². The molecular weight excluding hydrogens is 284 g/mol. The summed E-state index contributed by atoms with van der Waals surface area (Å²) < 4.78 is 57.6. The minimum atomic E-state index is -4.66. The van der Waals surface area contributed by atoms with Crippen LogP contribution in [-0.2, 0) is 24.1 Å². The average Bonchev–Trinajstić information content (AvgIpc) is 1.98. The fraction of sp³-hybridized carbons (Fsp3) is 1.00. The quantitative estimate of drug-likeness (QED) is 0.591. The topological polar surface area (TPSA) is 97.7 Å². The highest BCUT2D eigenvalue weighted by Crippen LogP contribution is 2.27. The Morgan fingerprint density at radius 1 is 1.18 bits per heavy atom. The molecule has 0 spiro atoms. The van der Waals surface area contributed by atoms with Gasteiger partial charge in [0.1, 0.15) is 0 Å². The Hall–Kier alpha value is 0.0369. The van der Waals surface area contributed by atoms with E-state index in [1.165, 1.54) is 6.92 Å². The normalized spacial score (nSPS) is 16.2. The van der Waals surface area contributed by atoms with Gasteiger partial charge in [-0.2, -0.15) is 16.8 Å². The second kappa shape index (κ2) is 5.35. The van der Waals surface area contributed by atoms with E-state index in [0.29, 0.717) is 0 Å². The van der Waals surface area contributed by atoms with Gasteiger partial charge in [-0.3, -0.25) is 4.55 Å². The predicted octanol–water partition coefficient (Wildman–Crippen LogP) is 1.57. The standard InChI is InChI=1S/C8H20O6S2Si/c1-6-8(15(9,10)11)16(12,13)14-17(4,5)7(2)3/h7-8H,6H2,1-5H3,(H,9,10,11). The molecule has 0 bridgehead atoms. The van der Waals surface area contributed by atoms with Crippen LogP contribution in [0.25, 0.3) is 0 Å². The SMILES string of the molecule is CCC(S(=O)(=O)O)S(=O)(=O)O[Si](C)(C)C(C)C. The van der Waals surface area contributed by atoms with Gasteiger partial charge in [0, 0.05) is 0 Å². The molecule has 104 valence electrons. The van der Waals surface area contributed by atoms with Gasteiger partial charge in [0.05, 0.1) is 0 Å². The highest BCUT2D eigenvalue weighted by Gasteiger charge is 2.42. The summed E-state index contributed by atoms with van der Waals surface area (Å²) in [4.78, 5) is 0. The molecule has 0 aromatic carbocycles. The molecule has 0 heterocycles. The minimum Gasteiger partial charge on any atom is -0.314 e. The van der Waals surface area contributed by atoms with Crippen LogP contribution >= 0.6 is 0 Å². The first-order chi connectivity index (χ1) is 7.34. The third-order valence-electron chi connectivity index (χ3n) is 2.71. The molecule has 0 aliphatic carbocycles. The Morgan fingerprint density at radius 3 is 1.82 bits per heavy atom. The summed E-state index contributed by atoms with van der Waals surface area (Å²) >= 11 is 0. The van der Waals surface area contributed by atoms with Gasteiger partial charge in [-0.15, -0.1) is 0 Å². The molecular formula is C8H20O6S2Si. The lowest BCUT2D eigenvalue weighted by Gasteiger charge is -2.27. The van der Waals surface area contributed by atoms with E-state index < -0.39 is 33.1 Å². The summed E-state index contributed by atoms with van der Waals surface area (Å²) in [5, 5.41) is 0. The minimum absolute atomic E-state index is 0.0104. The van der Waals surface area contributed by atoms with Crippen molar-refractivity contribution in [2.24, 2.45) is 0 Å². The molecule has 0 aliphatic rings. The van der Waals surface area contributed by atoms with E-state index in [2.05, 4.69) is 0 Å². The van der Waals surface area contributed by atoms with E-state index in [-0.39, 0.29) is 12.0 Å². The van der Waals surface area contributed by atoms with E-state index in [0.717, 1.165) is 0 Å². The Balaban J connectivity index is 5.31. The molecule has 6 nitrogen and oxygen atoms in total. The van der Waals surface area contributed by atoms with Crippen LogP contribution in [0, 0.1) is 0 Å². The van der Waals surface area contributed by atoms with E-state index in [1.54, 1.807) is 13.1 Å². The summed E-state index contributed by atoms with van der Waals surface area (Å²) in [6.07, 6.45) is -0.246. The predicted molar refractivity (Wildman–Crippen MR) is 68.2 cm³/mol. The monoisotopic (exact) mass is 304 g/mol. The Kier molecular flexibility index (Phi) is 5.36. The molecule has 9 heteroatoms. The molecule has 1 unspecified atom stereocenters. The molecule has 17 heavy (non-hydrogen) atoms. The molecule has 0 aliphatic heterocycles. The average molecular weight is 304 g/mol. The van der Waals surface area contributed by atoms with Crippen molar-refractivity contribution in [1.82, 2.24) is 0 Å². The Morgan fingerprint density at radius 2 is 1.59 bits per heavy atom. The summed E-state index contributed by atoms with van der Waals surface area (Å²) in [5.74, 6) is 0. The van der Waals surface area contributed by atoms with Crippen LogP contribution in [0.2, 0.25) is 18.6 Å². The van der Waals surface area contributed by atoms with Crippen molar-refractivity contribution in [2.75, 3.05) is 0 Å². The first kappa shape index (κ1) is 17.0. The van der Waals surface area contributed by atoms with Crippen LogP contribution in [-0.4, -0.2) is 34.3 Å². The molecule has 0 saturated carbocycles. The second-order valence-corrected chi connectivity index (χ2v) is 13.2. The van der Waals surface area contributed by atoms with Gasteiger partial charge in [-0.25, -0.2) is 0 Å². The van der Waals surface area contributed by atoms with Crippen LogP contribution in [0.3, 0.4) is 0 Å². The van der Waals surface area contributed by atoms with Gasteiger partial charge in [0.25, 0.3) is 20.2 Å². The zero-order valence-corrected chi connectivity index (χ0v) is 13.3. The van der Waals surface area contributed by atoms with Crippen molar-refractivity contribution in [2.45, 2.75) is 50.4 Å². The third kappa shape index (κ3) is 4.66. The summed E-state index contributed by atoms with van der Waals surface area (Å²) in [5.41, 5.74) is 0.0104. The van der Waals surface area contributed by atoms with Crippen LogP contribution in [0.4, 0.5) is 0 Å². The lowest BCUT2D eigenvalue weighted by molar-refractivity contribution is 0.450. The van der Waals surface area contributed by atoms with Gasteiger partial charge < -0.3 is 3.87 Å². The van der Waals surface area contributed by atoms with Crippen molar-refractivity contribution >= 4 is 28.6 Å². The molecule has 1 atom stereocenters. The zero-order chi connectivity index (χ0) is 14.1. The maximum absolute atomic E-state index is 11.8. The second-order valence-electron chi connectivity index (χ2n) is 4.69. The van der Waals surface area contributed by atoms with Gasteiger partial charge in [0.2, 0.25) is 12.9 Å². The first-order valence-electron chi connectivity index (χ1n) is 5.25. The summed E-state index contributed by atoms with van der Waals surface area (Å²) in [7, 11) is -11.5. The largest absolute Gasteiger partial charge is 0.314 e. The van der Waals surface area contributed by atoms with Gasteiger partial charge in [-0.05, 0) is 25.1 Å². The fourth-order valence-electron chi connectivity index (χ4n) is 1.01. The summed E-state index contributed by atoms with van der Waals surface area (Å²) in [6.45, 7) is 8.37. The lowest BCUT2D eigenvalue weighted by Crippen LogP contribution is -2.42. The first-order valence-corrected chi connectivity index (χ1v) is 11.2. The number of hydrogen-bond acceptors (Lipinski definition) is 5. The highest BCUT2D eigenvalue weighted by molar-refractivity contribution is 8.04. The molecule has 0 aromatic rings. The number of hydrogen-bond donors (Lipinski definition) is 1. The van der Waals surface area contributed by atoms with E-state index in [1.807, 2.05) is 13.8 Å². The summed E-state index contributed by atoms with van der Waals surface area (Å²) in [6, 6.07) is 0. The number of rotatable bonds is 6. The van der Waals surface area contributed by atoms with Crippen molar-refractivity contribution in [3.8, 4) is 0 Å². The molecule has 0 radical (unpaired) electrons. The Labute approximate surface area is 104 Å². The molecule has 0 saturated heterocycles. The lowest BCUT2D eigenvalue weighted by atomic mass is 10.6. The van der Waals surface area contributed by atoms with Crippen LogP contribution in [0.1, 0.15) is 27.2 Å². The van der Waals surface area contributed by atoms with Crippen LogP contribution in [0.15, 0.2) is 0 Å². The zero-order valence-electron chi connectivity index (χ0n) is 10.7. The fourth-order valence-corrected chi connectivity index (χ4v) is 6.98. The molecule has 1 N–H and O–H groups in total. The molecule has 0 aromatic heterocycles. The van der Waals surface area contributed by atoms with Crippen molar-refractivity contribution in [1.29, 1.82) is 0 Å². The smallest absolute Gasteiger partial charge is 0.284 e. The third-order valence-corrected chi connectivity index (χ3v) is 11.5. The van der Waals surface area contributed by atoms with Crippen molar-refractivity contribution in [3.05, 3.63) is 0 Å². The van der Waals surface area contributed by atoms with Crippen molar-refractivity contribution in [3.63, 3.8) is 0 Å².